The van der Waals surface area contributed by atoms with Gasteiger partial charge in [-0.25, -0.2) is 6.57 Å². The summed E-state index contributed by atoms with van der Waals surface area (Å²) >= 11 is 0. The molecule has 0 aliphatic carbocycles. The van der Waals surface area contributed by atoms with Crippen LogP contribution in [-0.4, -0.2) is 24.0 Å². The summed E-state index contributed by atoms with van der Waals surface area (Å²) in [6.07, 6.45) is -4.62. The molecule has 0 spiro atoms. The highest BCUT2D eigenvalue weighted by Gasteiger charge is 2.37. The van der Waals surface area contributed by atoms with Crippen LogP contribution in [0.15, 0.2) is 78.9 Å². The second kappa shape index (κ2) is 9.57. The first kappa shape index (κ1) is 23.5. The fourth-order valence-electron chi connectivity index (χ4n) is 2.99. The Morgan fingerprint density at radius 1 is 0.879 bits per heavy atom. The van der Waals surface area contributed by atoms with Gasteiger partial charge in [0.2, 0.25) is 0 Å². The number of benzene rings is 3. The van der Waals surface area contributed by atoms with Crippen molar-refractivity contribution in [2.45, 2.75) is 18.8 Å². The van der Waals surface area contributed by atoms with Crippen molar-refractivity contribution in [1.29, 1.82) is 0 Å². The summed E-state index contributed by atoms with van der Waals surface area (Å²) in [5.41, 5.74) is -1.51. The van der Waals surface area contributed by atoms with Gasteiger partial charge in [0.25, 0.3) is 5.91 Å². The first-order valence-corrected chi connectivity index (χ1v) is 9.83. The molecule has 0 saturated heterocycles. The van der Waals surface area contributed by atoms with E-state index in [1.54, 1.807) is 30.3 Å². The fourth-order valence-corrected chi connectivity index (χ4v) is 2.99. The number of ether oxygens (including phenoxy) is 1. The van der Waals surface area contributed by atoms with Crippen molar-refractivity contribution < 1.29 is 27.5 Å². The zero-order valence-electron chi connectivity index (χ0n) is 17.5. The molecule has 0 aliphatic heterocycles. The second-order valence-electron chi connectivity index (χ2n) is 7.39. The summed E-state index contributed by atoms with van der Waals surface area (Å²) in [7, 11) is 0. The largest absolute Gasteiger partial charge is 0.482 e. The number of halogens is 3. The quantitative estimate of drug-likeness (QED) is 0.387. The van der Waals surface area contributed by atoms with E-state index in [9.17, 15) is 22.8 Å². The third-order valence-corrected chi connectivity index (χ3v) is 4.78. The molecule has 3 rings (SSSR count). The Bertz CT molecular complexity index is 1190. The third kappa shape index (κ3) is 5.77. The van der Waals surface area contributed by atoms with Crippen molar-refractivity contribution in [3.8, 4) is 5.75 Å². The first-order valence-electron chi connectivity index (χ1n) is 9.83. The van der Waals surface area contributed by atoms with E-state index in [0.717, 1.165) is 12.1 Å². The molecule has 0 saturated carbocycles. The van der Waals surface area contributed by atoms with Gasteiger partial charge in [-0.3, -0.25) is 19.8 Å². The minimum Gasteiger partial charge on any atom is -0.482 e. The zero-order chi connectivity index (χ0) is 24.1. The lowest BCUT2D eigenvalue weighted by Gasteiger charge is -2.21. The maximum atomic E-state index is 13.1. The first-order chi connectivity index (χ1) is 15.6. The molecule has 0 bridgehead atoms. The second-order valence-corrected chi connectivity index (χ2v) is 7.39. The van der Waals surface area contributed by atoms with Crippen LogP contribution in [0.25, 0.3) is 4.85 Å². The van der Waals surface area contributed by atoms with Gasteiger partial charge in [-0.1, -0.05) is 54.6 Å². The van der Waals surface area contributed by atoms with Crippen molar-refractivity contribution in [2.75, 3.05) is 6.61 Å². The van der Waals surface area contributed by atoms with Crippen LogP contribution < -0.4 is 10.1 Å². The number of hydrogen-bond donors (Lipinski definition) is 1. The summed E-state index contributed by atoms with van der Waals surface area (Å²) in [5.74, 6) is -1.26. The molecule has 0 fully saturated rings. The Labute approximate surface area is 188 Å². The normalized spacial score (nSPS) is 12.8. The number of amides is 1. The molecule has 33 heavy (non-hydrogen) atoms. The van der Waals surface area contributed by atoms with Gasteiger partial charge in [0.15, 0.2) is 12.4 Å². The molecule has 0 radical (unpaired) electrons. The van der Waals surface area contributed by atoms with Gasteiger partial charge >= 0.3 is 11.8 Å². The van der Waals surface area contributed by atoms with Crippen LogP contribution in [0, 0.1) is 6.57 Å². The van der Waals surface area contributed by atoms with Gasteiger partial charge < -0.3 is 4.74 Å². The van der Waals surface area contributed by atoms with Gasteiger partial charge in [0, 0.05) is 23.6 Å². The minimum absolute atomic E-state index is 0.185. The molecule has 1 N–H and O–H groups in total. The smallest absolute Gasteiger partial charge is 0.419 e. The van der Waals surface area contributed by atoms with Crippen LogP contribution in [0.1, 0.15) is 38.8 Å². The number of nitrogens with one attached hydrogen (secondary N) is 1. The average Bonchev–Trinajstić information content (AvgIpc) is 2.82. The lowest BCUT2D eigenvalue weighted by Crippen LogP contribution is -2.47. The van der Waals surface area contributed by atoms with Gasteiger partial charge in [0.1, 0.15) is 5.75 Å². The van der Waals surface area contributed by atoms with Crippen molar-refractivity contribution >= 4 is 11.7 Å². The minimum atomic E-state index is -4.62. The van der Waals surface area contributed by atoms with Gasteiger partial charge in [0.05, 0.1) is 5.56 Å². The Hall–Kier alpha value is -4.12. The third-order valence-electron chi connectivity index (χ3n) is 4.78. The van der Waals surface area contributed by atoms with E-state index in [-0.39, 0.29) is 11.3 Å². The number of para-hydroxylation sites is 1. The molecular weight excluding hydrogens is 433 g/mol. The number of alkyl halides is 3. The van der Waals surface area contributed by atoms with E-state index in [1.807, 2.05) is 0 Å². The van der Waals surface area contributed by atoms with Crippen molar-refractivity contribution in [3.05, 3.63) is 113 Å². The van der Waals surface area contributed by atoms with Gasteiger partial charge in [-0.05, 0) is 24.3 Å². The lowest BCUT2D eigenvalue weighted by molar-refractivity contribution is -0.139. The van der Waals surface area contributed by atoms with Crippen LogP contribution in [0.2, 0.25) is 0 Å². The van der Waals surface area contributed by atoms with Crippen molar-refractivity contribution in [2.24, 2.45) is 0 Å². The molecule has 1 atom stereocenters. The van der Waals surface area contributed by atoms with E-state index in [0.29, 0.717) is 11.1 Å². The summed E-state index contributed by atoms with van der Waals surface area (Å²) in [6.45, 7) is 8.25. The van der Waals surface area contributed by atoms with E-state index in [4.69, 9.17) is 11.3 Å². The number of rotatable bonds is 7. The Kier molecular flexibility index (Phi) is 6.83. The number of carbonyl (C=O) groups excluding carboxylic acids is 2. The lowest BCUT2D eigenvalue weighted by atomic mass is 10.0. The number of nitrogens with zero attached hydrogens (tertiary/aromatic N) is 1. The highest BCUT2D eigenvalue weighted by molar-refractivity contribution is 6.09. The summed E-state index contributed by atoms with van der Waals surface area (Å²) in [5, 5.41) is 2.48. The number of hydrogen-bond acceptors (Lipinski definition) is 3. The summed E-state index contributed by atoms with van der Waals surface area (Å²) < 4.78 is 44.7. The molecule has 168 valence electrons. The molecular formula is C25H19F3N2O3. The number of carbonyl (C=O) groups is 2. The molecule has 3 aromatic carbocycles. The SMILES string of the molecule is [C-]#[N+]C(C)(COc1ccccc1C(F)(F)F)NC(=O)c1ccc(C(=O)c2ccccc2)cc1. The highest BCUT2D eigenvalue weighted by atomic mass is 19.4. The predicted molar refractivity (Wildman–Crippen MR) is 116 cm³/mol. The van der Waals surface area contributed by atoms with Crippen LogP contribution in [-0.2, 0) is 6.18 Å². The summed E-state index contributed by atoms with van der Waals surface area (Å²) in [4.78, 5) is 28.5. The molecule has 0 heterocycles. The van der Waals surface area contributed by atoms with Crippen LogP contribution in [0.4, 0.5) is 13.2 Å². The molecule has 0 aromatic heterocycles. The van der Waals surface area contributed by atoms with Crippen LogP contribution in [0.3, 0.4) is 0 Å². The fraction of sp³-hybridized carbons (Fsp3) is 0.160. The molecule has 8 heteroatoms. The standard InChI is InChI=1S/C25H19F3N2O3/c1-24(29-2,16-33-21-11-7-6-10-20(21)25(26,27)28)30-23(32)19-14-12-18(13-15-19)22(31)17-8-4-3-5-9-17/h3-15H,16H2,1H3,(H,30,32). The van der Waals surface area contributed by atoms with Crippen LogP contribution in [0.5, 0.6) is 5.75 Å². The van der Waals surface area contributed by atoms with Gasteiger partial charge in [-0.15, -0.1) is 0 Å². The van der Waals surface area contributed by atoms with Gasteiger partial charge in [-0.2, -0.15) is 13.2 Å². The van der Waals surface area contributed by atoms with Crippen LogP contribution >= 0.6 is 0 Å². The Morgan fingerprint density at radius 3 is 2.03 bits per heavy atom. The zero-order valence-corrected chi connectivity index (χ0v) is 17.5. The van der Waals surface area contributed by atoms with E-state index in [1.165, 1.54) is 43.3 Å². The monoisotopic (exact) mass is 452 g/mol. The maximum absolute atomic E-state index is 13.1. The van der Waals surface area contributed by atoms with E-state index < -0.39 is 35.7 Å². The molecule has 5 nitrogen and oxygen atoms in total. The predicted octanol–water partition coefficient (Wildman–Crippen LogP) is 5.38. The molecule has 3 aromatic rings. The molecule has 1 amide bonds. The van der Waals surface area contributed by atoms with Crippen molar-refractivity contribution in [1.82, 2.24) is 5.32 Å². The van der Waals surface area contributed by atoms with Crippen molar-refractivity contribution in [3.63, 3.8) is 0 Å². The molecule has 1 unspecified atom stereocenters. The summed E-state index contributed by atoms with van der Waals surface area (Å²) in [6, 6.07) is 19.2. The average molecular weight is 452 g/mol. The number of ketones is 1. The Balaban J connectivity index is 1.69. The highest BCUT2D eigenvalue weighted by Crippen LogP contribution is 2.36. The van der Waals surface area contributed by atoms with E-state index >= 15 is 0 Å². The maximum Gasteiger partial charge on any atom is 0.419 e. The Morgan fingerprint density at radius 2 is 1.42 bits per heavy atom. The molecule has 0 aliphatic rings. The topological polar surface area (TPSA) is 59.8 Å². The van der Waals surface area contributed by atoms with E-state index in [2.05, 4.69) is 10.2 Å².